The third-order valence-electron chi connectivity index (χ3n) is 1.12. The summed E-state index contributed by atoms with van der Waals surface area (Å²) >= 11 is 0. The highest BCUT2D eigenvalue weighted by molar-refractivity contribution is 7.85. The Kier molecular flexibility index (Phi) is 4.06. The smallest absolute Gasteiger partial charge is 0.264 e. The molecular formula is C5H12N2O3S. The van der Waals surface area contributed by atoms with Crippen LogP contribution in [0.4, 0.5) is 0 Å². The van der Waals surface area contributed by atoms with Crippen LogP contribution in [0.1, 0.15) is 12.8 Å². The average Bonchev–Trinajstić information content (AvgIpc) is 1.85. The number of hydrogen-bond donors (Lipinski definition) is 2. The molecule has 5 nitrogen and oxygen atoms in total. The monoisotopic (exact) mass is 180 g/mol. The lowest BCUT2D eigenvalue weighted by Gasteiger charge is -1.96. The fraction of sp³-hybridized carbons (Fsp3) is 0.800. The Morgan fingerprint density at radius 3 is 2.55 bits per heavy atom. The molecule has 0 amide bonds. The maximum absolute atomic E-state index is 10.2. The molecular weight excluding hydrogens is 168 g/mol. The van der Waals surface area contributed by atoms with E-state index in [1.54, 1.807) is 0 Å². The molecule has 0 bridgehead atoms. The number of amidine groups is 1. The molecule has 0 spiro atoms. The summed E-state index contributed by atoms with van der Waals surface area (Å²) in [7, 11) is -2.31. The predicted molar refractivity (Wildman–Crippen MR) is 43.2 cm³/mol. The maximum Gasteiger partial charge on any atom is 0.264 e. The fourth-order valence-corrected chi connectivity index (χ4v) is 1.06. The van der Waals surface area contributed by atoms with Gasteiger partial charge in [0.15, 0.2) is 0 Å². The lowest BCUT2D eigenvalue weighted by atomic mass is 10.3. The highest BCUT2D eigenvalue weighted by Crippen LogP contribution is 1.93. The van der Waals surface area contributed by atoms with Crippen molar-refractivity contribution in [2.24, 2.45) is 10.7 Å². The van der Waals surface area contributed by atoms with Crippen LogP contribution >= 0.6 is 0 Å². The highest BCUT2D eigenvalue weighted by atomic mass is 32.2. The SMILES string of the molecule is CN=C(N)CCCS(=O)(=O)O. The molecule has 3 N–H and O–H groups in total. The average molecular weight is 180 g/mol. The lowest BCUT2D eigenvalue weighted by Crippen LogP contribution is -2.13. The van der Waals surface area contributed by atoms with Crippen LogP contribution < -0.4 is 5.73 Å². The van der Waals surface area contributed by atoms with E-state index in [1.165, 1.54) is 7.05 Å². The summed E-state index contributed by atoms with van der Waals surface area (Å²) in [5.74, 6) is 0.136. The molecule has 0 radical (unpaired) electrons. The topological polar surface area (TPSA) is 92.8 Å². The molecule has 0 aromatic rings. The van der Waals surface area contributed by atoms with Gasteiger partial charge in [0.05, 0.1) is 11.6 Å². The van der Waals surface area contributed by atoms with Crippen molar-refractivity contribution in [2.75, 3.05) is 12.8 Å². The maximum atomic E-state index is 10.2. The molecule has 11 heavy (non-hydrogen) atoms. The third kappa shape index (κ3) is 7.27. The molecule has 0 aliphatic carbocycles. The summed E-state index contributed by atoms with van der Waals surface area (Å²) < 4.78 is 28.6. The van der Waals surface area contributed by atoms with E-state index in [9.17, 15) is 8.42 Å². The van der Waals surface area contributed by atoms with Crippen LogP contribution in [0.5, 0.6) is 0 Å². The second kappa shape index (κ2) is 4.30. The van der Waals surface area contributed by atoms with Crippen LogP contribution in [0.2, 0.25) is 0 Å². The molecule has 66 valence electrons. The van der Waals surface area contributed by atoms with Gasteiger partial charge in [-0.2, -0.15) is 8.42 Å². The molecule has 0 heterocycles. The number of nitrogens with two attached hydrogens (primary N) is 1. The second-order valence-corrected chi connectivity index (χ2v) is 3.68. The van der Waals surface area contributed by atoms with Crippen LogP contribution in [0, 0.1) is 0 Å². The summed E-state index contributed by atoms with van der Waals surface area (Å²) in [6.45, 7) is 0. The van der Waals surface area contributed by atoms with Crippen molar-refractivity contribution in [1.29, 1.82) is 0 Å². The van der Waals surface area contributed by atoms with Crippen molar-refractivity contribution < 1.29 is 13.0 Å². The first-order chi connectivity index (χ1) is 4.95. The lowest BCUT2D eigenvalue weighted by molar-refractivity contribution is 0.481. The largest absolute Gasteiger partial charge is 0.387 e. The standard InChI is InChI=1S/C5H12N2O3S/c1-7-5(6)3-2-4-11(8,9)10/h2-4H2,1H3,(H2,6,7)(H,8,9,10). The fourth-order valence-electron chi connectivity index (χ4n) is 0.547. The van der Waals surface area contributed by atoms with Gasteiger partial charge in [-0.1, -0.05) is 0 Å². The number of rotatable bonds is 4. The number of aliphatic imine (C=N–C) groups is 1. The molecule has 6 heteroatoms. The van der Waals surface area contributed by atoms with Crippen molar-refractivity contribution in [1.82, 2.24) is 0 Å². The normalized spacial score (nSPS) is 13.5. The van der Waals surface area contributed by atoms with E-state index in [0.29, 0.717) is 18.7 Å². The van der Waals surface area contributed by atoms with Gasteiger partial charge in [0.25, 0.3) is 10.1 Å². The van der Waals surface area contributed by atoms with E-state index in [1.807, 2.05) is 0 Å². The summed E-state index contributed by atoms with van der Waals surface area (Å²) in [5.41, 5.74) is 5.28. The summed E-state index contributed by atoms with van der Waals surface area (Å²) in [5, 5.41) is 0. The van der Waals surface area contributed by atoms with E-state index < -0.39 is 10.1 Å². The summed E-state index contributed by atoms with van der Waals surface area (Å²) in [6.07, 6.45) is 0.707. The second-order valence-electron chi connectivity index (χ2n) is 2.10. The minimum absolute atomic E-state index is 0.261. The Morgan fingerprint density at radius 2 is 2.18 bits per heavy atom. The Labute approximate surface area is 66.1 Å². The Hall–Kier alpha value is -0.620. The molecule has 0 rings (SSSR count). The molecule has 0 aromatic heterocycles. The van der Waals surface area contributed by atoms with Crippen LogP contribution in [-0.4, -0.2) is 31.6 Å². The van der Waals surface area contributed by atoms with Gasteiger partial charge >= 0.3 is 0 Å². The molecule has 0 aliphatic rings. The Bertz CT molecular complexity index is 232. The van der Waals surface area contributed by atoms with E-state index in [4.69, 9.17) is 10.3 Å². The van der Waals surface area contributed by atoms with Crippen LogP contribution in [0.15, 0.2) is 4.99 Å². The number of hydrogen-bond acceptors (Lipinski definition) is 3. The number of nitrogens with zero attached hydrogens (tertiary/aromatic N) is 1. The zero-order chi connectivity index (χ0) is 8.91. The first kappa shape index (κ1) is 10.4. The van der Waals surface area contributed by atoms with Crippen molar-refractivity contribution in [3.63, 3.8) is 0 Å². The summed E-state index contributed by atoms with van der Waals surface area (Å²) in [6, 6.07) is 0. The van der Waals surface area contributed by atoms with Crippen molar-refractivity contribution >= 4 is 16.0 Å². The van der Waals surface area contributed by atoms with Crippen LogP contribution in [-0.2, 0) is 10.1 Å². The molecule has 0 aromatic carbocycles. The predicted octanol–water partition coefficient (Wildman–Crippen LogP) is -0.359. The van der Waals surface area contributed by atoms with Gasteiger partial charge in [0.1, 0.15) is 0 Å². The first-order valence-electron chi connectivity index (χ1n) is 3.12. The summed E-state index contributed by atoms with van der Waals surface area (Å²) in [4.78, 5) is 3.63. The van der Waals surface area contributed by atoms with E-state index in [-0.39, 0.29) is 5.75 Å². The zero-order valence-electron chi connectivity index (χ0n) is 6.32. The molecule has 0 saturated heterocycles. The molecule has 0 unspecified atom stereocenters. The van der Waals surface area contributed by atoms with Crippen molar-refractivity contribution in [3.05, 3.63) is 0 Å². The van der Waals surface area contributed by atoms with Gasteiger partial charge in [-0.15, -0.1) is 0 Å². The van der Waals surface area contributed by atoms with Crippen molar-refractivity contribution in [3.8, 4) is 0 Å². The zero-order valence-corrected chi connectivity index (χ0v) is 7.13. The minimum atomic E-state index is -3.84. The molecule has 0 aliphatic heterocycles. The minimum Gasteiger partial charge on any atom is -0.387 e. The van der Waals surface area contributed by atoms with Crippen LogP contribution in [0.3, 0.4) is 0 Å². The van der Waals surface area contributed by atoms with Gasteiger partial charge in [0.2, 0.25) is 0 Å². The van der Waals surface area contributed by atoms with Gasteiger partial charge in [0, 0.05) is 13.5 Å². The van der Waals surface area contributed by atoms with Crippen LogP contribution in [0.25, 0.3) is 0 Å². The van der Waals surface area contributed by atoms with Gasteiger partial charge in [-0.05, 0) is 6.42 Å². The van der Waals surface area contributed by atoms with Gasteiger partial charge in [-0.25, -0.2) is 0 Å². The molecule has 0 saturated carbocycles. The van der Waals surface area contributed by atoms with E-state index in [2.05, 4.69) is 4.99 Å². The Morgan fingerprint density at radius 1 is 1.64 bits per heavy atom. The highest BCUT2D eigenvalue weighted by Gasteiger charge is 2.03. The van der Waals surface area contributed by atoms with E-state index in [0.717, 1.165) is 0 Å². The third-order valence-corrected chi connectivity index (χ3v) is 1.93. The van der Waals surface area contributed by atoms with Gasteiger partial charge in [-0.3, -0.25) is 9.55 Å². The molecule has 0 fully saturated rings. The van der Waals surface area contributed by atoms with Gasteiger partial charge < -0.3 is 5.73 Å². The molecule has 0 atom stereocenters. The quantitative estimate of drug-likeness (QED) is 0.351. The van der Waals surface area contributed by atoms with E-state index >= 15 is 0 Å². The Balaban J connectivity index is 3.60. The first-order valence-corrected chi connectivity index (χ1v) is 4.73. The van der Waals surface area contributed by atoms with Crippen molar-refractivity contribution in [2.45, 2.75) is 12.8 Å².